The molecule has 5 nitrogen and oxygen atoms in total. The number of carbonyl (C=O) groups is 1. The number of carbonyl (C=O) groups excluding carboxylic acids is 1. The Morgan fingerprint density at radius 1 is 1.24 bits per heavy atom. The highest BCUT2D eigenvalue weighted by Crippen LogP contribution is 2.06. The fourth-order valence-corrected chi connectivity index (χ4v) is 2.64. The Kier molecular flexibility index (Phi) is 8.22. The molecule has 0 aliphatic carbocycles. The average molecular weight is 299 g/mol. The van der Waals surface area contributed by atoms with Crippen LogP contribution in [0.3, 0.4) is 0 Å². The molecule has 0 bridgehead atoms. The molecule has 0 radical (unpaired) electrons. The Bertz CT molecular complexity index is 292. The molecule has 124 valence electrons. The van der Waals surface area contributed by atoms with Crippen LogP contribution in [0.1, 0.15) is 27.7 Å². The predicted octanol–water partition coefficient (Wildman–Crippen LogP) is 1.05. The van der Waals surface area contributed by atoms with Gasteiger partial charge in [0.15, 0.2) is 0 Å². The van der Waals surface area contributed by atoms with Gasteiger partial charge in [-0.15, -0.1) is 0 Å². The lowest BCUT2D eigenvalue weighted by molar-refractivity contribution is -0.133. The number of rotatable bonds is 8. The Labute approximate surface area is 130 Å². The molecule has 1 aliphatic rings. The molecule has 1 amide bonds. The Morgan fingerprint density at radius 3 is 2.33 bits per heavy atom. The molecule has 21 heavy (non-hydrogen) atoms. The minimum atomic E-state index is 0.195. The van der Waals surface area contributed by atoms with Crippen molar-refractivity contribution in [3.8, 4) is 0 Å². The van der Waals surface area contributed by atoms with Gasteiger partial charge in [-0.05, 0) is 18.9 Å². The van der Waals surface area contributed by atoms with Gasteiger partial charge in [0.25, 0.3) is 0 Å². The molecular weight excluding hydrogens is 266 g/mol. The van der Waals surface area contributed by atoms with Crippen molar-refractivity contribution in [1.82, 2.24) is 15.1 Å². The zero-order valence-corrected chi connectivity index (χ0v) is 14.4. The summed E-state index contributed by atoms with van der Waals surface area (Å²) in [4.78, 5) is 16.6. The van der Waals surface area contributed by atoms with Crippen LogP contribution in [0.4, 0.5) is 0 Å². The Balaban J connectivity index is 2.42. The number of amides is 1. The summed E-state index contributed by atoms with van der Waals surface area (Å²) < 4.78 is 5.69. The number of nitrogens with one attached hydrogen (secondary N) is 1. The molecule has 0 aromatic rings. The Morgan fingerprint density at radius 2 is 1.86 bits per heavy atom. The molecule has 1 heterocycles. The van der Waals surface area contributed by atoms with Crippen LogP contribution < -0.4 is 5.32 Å². The molecule has 1 aliphatic heterocycles. The number of ether oxygens (including phenoxy) is 1. The lowest BCUT2D eigenvalue weighted by Crippen LogP contribution is -2.47. The molecule has 0 aromatic carbocycles. The molecule has 1 saturated heterocycles. The van der Waals surface area contributed by atoms with E-state index in [2.05, 4.69) is 37.9 Å². The van der Waals surface area contributed by atoms with Gasteiger partial charge < -0.3 is 15.0 Å². The maximum atomic E-state index is 12.5. The quantitative estimate of drug-likeness (QED) is 0.727. The van der Waals surface area contributed by atoms with E-state index in [-0.39, 0.29) is 12.0 Å². The first-order valence-electron chi connectivity index (χ1n) is 8.17. The minimum absolute atomic E-state index is 0.195. The van der Waals surface area contributed by atoms with Crippen LogP contribution in [0.5, 0.6) is 0 Å². The van der Waals surface area contributed by atoms with Gasteiger partial charge in [0.1, 0.15) is 0 Å². The molecule has 1 atom stereocenters. The molecule has 5 heteroatoms. The second kappa shape index (κ2) is 9.38. The monoisotopic (exact) mass is 299 g/mol. The van der Waals surface area contributed by atoms with Crippen LogP contribution in [0.25, 0.3) is 0 Å². The van der Waals surface area contributed by atoms with E-state index in [1.165, 1.54) is 0 Å². The third-order valence-electron chi connectivity index (χ3n) is 3.45. The van der Waals surface area contributed by atoms with Gasteiger partial charge in [-0.3, -0.25) is 9.69 Å². The van der Waals surface area contributed by atoms with Crippen LogP contribution >= 0.6 is 0 Å². The maximum absolute atomic E-state index is 12.5. The van der Waals surface area contributed by atoms with E-state index in [9.17, 15) is 4.79 Å². The van der Waals surface area contributed by atoms with Gasteiger partial charge in [-0.1, -0.05) is 27.7 Å². The largest absolute Gasteiger partial charge is 0.374 e. The van der Waals surface area contributed by atoms with Crippen molar-refractivity contribution in [1.29, 1.82) is 0 Å². The van der Waals surface area contributed by atoms with Crippen LogP contribution in [0.15, 0.2) is 0 Å². The summed E-state index contributed by atoms with van der Waals surface area (Å²) in [6.07, 6.45) is 0.195. The standard InChI is InChI=1S/C16H33N3O2/c1-13(2)9-19(10-14(3)4)16(20)12-18(5)11-15-8-17-6-7-21-15/h13-15,17H,6-12H2,1-5H3. The van der Waals surface area contributed by atoms with Gasteiger partial charge in [0.05, 0.1) is 19.3 Å². The highest BCUT2D eigenvalue weighted by Gasteiger charge is 2.20. The molecule has 0 spiro atoms. The molecular formula is C16H33N3O2. The zero-order valence-electron chi connectivity index (χ0n) is 14.4. The van der Waals surface area contributed by atoms with Crippen molar-refractivity contribution in [2.75, 3.05) is 52.9 Å². The molecule has 1 fully saturated rings. The van der Waals surface area contributed by atoms with E-state index < -0.39 is 0 Å². The van der Waals surface area contributed by atoms with Gasteiger partial charge >= 0.3 is 0 Å². The second-order valence-electron chi connectivity index (χ2n) is 6.98. The first kappa shape index (κ1) is 18.4. The van der Waals surface area contributed by atoms with E-state index in [4.69, 9.17) is 4.74 Å². The molecule has 1 rings (SSSR count). The predicted molar refractivity (Wildman–Crippen MR) is 86.4 cm³/mol. The summed E-state index contributed by atoms with van der Waals surface area (Å²) in [5.41, 5.74) is 0. The van der Waals surface area contributed by atoms with E-state index >= 15 is 0 Å². The first-order valence-corrected chi connectivity index (χ1v) is 8.17. The van der Waals surface area contributed by atoms with Crippen LogP contribution in [0.2, 0.25) is 0 Å². The normalized spacial score (nSPS) is 19.5. The molecule has 0 aromatic heterocycles. The topological polar surface area (TPSA) is 44.8 Å². The highest BCUT2D eigenvalue weighted by molar-refractivity contribution is 5.78. The van der Waals surface area contributed by atoms with Crippen LogP contribution in [0, 0.1) is 11.8 Å². The fourth-order valence-electron chi connectivity index (χ4n) is 2.64. The third kappa shape index (κ3) is 7.79. The minimum Gasteiger partial charge on any atom is -0.374 e. The summed E-state index contributed by atoms with van der Waals surface area (Å²) in [7, 11) is 2.00. The van der Waals surface area contributed by atoms with Gasteiger partial charge in [0.2, 0.25) is 5.91 Å². The first-order chi connectivity index (χ1) is 9.88. The van der Waals surface area contributed by atoms with Crippen LogP contribution in [-0.4, -0.2) is 74.7 Å². The second-order valence-corrected chi connectivity index (χ2v) is 6.98. The SMILES string of the molecule is CC(C)CN(CC(C)C)C(=O)CN(C)CC1CNCCO1. The van der Waals surface area contributed by atoms with E-state index in [0.29, 0.717) is 18.4 Å². The van der Waals surface area contributed by atoms with E-state index in [1.54, 1.807) is 0 Å². The molecule has 0 saturated carbocycles. The van der Waals surface area contributed by atoms with E-state index in [0.717, 1.165) is 39.3 Å². The van der Waals surface area contributed by atoms with Crippen molar-refractivity contribution in [3.63, 3.8) is 0 Å². The highest BCUT2D eigenvalue weighted by atomic mass is 16.5. The average Bonchev–Trinajstić information content (AvgIpc) is 2.37. The molecule has 1 N–H and O–H groups in total. The summed E-state index contributed by atoms with van der Waals surface area (Å²) in [6, 6.07) is 0. The number of likely N-dealkylation sites (N-methyl/N-ethyl adjacent to an activating group) is 1. The Hall–Kier alpha value is -0.650. The lowest BCUT2D eigenvalue weighted by atomic mass is 10.1. The van der Waals surface area contributed by atoms with Gasteiger partial charge in [-0.25, -0.2) is 0 Å². The lowest BCUT2D eigenvalue weighted by Gasteiger charge is -2.31. The summed E-state index contributed by atoms with van der Waals surface area (Å²) in [5, 5.41) is 3.32. The summed E-state index contributed by atoms with van der Waals surface area (Å²) in [6.45, 7) is 14.2. The van der Waals surface area contributed by atoms with Crippen LogP contribution in [-0.2, 0) is 9.53 Å². The number of hydrogen-bond donors (Lipinski definition) is 1. The fraction of sp³-hybridized carbons (Fsp3) is 0.938. The van der Waals surface area contributed by atoms with Gasteiger partial charge in [0, 0.05) is 32.7 Å². The van der Waals surface area contributed by atoms with Crippen molar-refractivity contribution in [2.24, 2.45) is 11.8 Å². The third-order valence-corrected chi connectivity index (χ3v) is 3.45. The van der Waals surface area contributed by atoms with Crippen molar-refractivity contribution in [3.05, 3.63) is 0 Å². The van der Waals surface area contributed by atoms with Crippen molar-refractivity contribution in [2.45, 2.75) is 33.8 Å². The van der Waals surface area contributed by atoms with Crippen molar-refractivity contribution < 1.29 is 9.53 Å². The number of morpholine rings is 1. The number of hydrogen-bond acceptors (Lipinski definition) is 4. The van der Waals surface area contributed by atoms with Crippen molar-refractivity contribution >= 4 is 5.91 Å². The summed E-state index contributed by atoms with van der Waals surface area (Å²) >= 11 is 0. The zero-order chi connectivity index (χ0) is 15.8. The summed E-state index contributed by atoms with van der Waals surface area (Å²) in [5.74, 6) is 1.23. The maximum Gasteiger partial charge on any atom is 0.236 e. The van der Waals surface area contributed by atoms with Gasteiger partial charge in [-0.2, -0.15) is 0 Å². The smallest absolute Gasteiger partial charge is 0.236 e. The number of nitrogens with zero attached hydrogens (tertiary/aromatic N) is 2. The van der Waals surface area contributed by atoms with E-state index in [1.807, 2.05) is 11.9 Å². The molecule has 1 unspecified atom stereocenters.